The minimum Gasteiger partial charge on any atom is -0.357 e. The molecule has 1 aliphatic heterocycles. The molecule has 7 heteroatoms. The van der Waals surface area contributed by atoms with Gasteiger partial charge in [0, 0.05) is 39.1 Å². The molecule has 1 atom stereocenters. The maximum atomic E-state index is 6.30. The van der Waals surface area contributed by atoms with E-state index < -0.39 is 0 Å². The average Bonchev–Trinajstić information content (AvgIpc) is 3.26. The van der Waals surface area contributed by atoms with Gasteiger partial charge in [0.1, 0.15) is 0 Å². The van der Waals surface area contributed by atoms with Crippen molar-refractivity contribution in [2.45, 2.75) is 18.9 Å². The van der Waals surface area contributed by atoms with E-state index in [-0.39, 0.29) is 0 Å². The zero-order valence-electron chi connectivity index (χ0n) is 15.4. The third kappa shape index (κ3) is 3.16. The predicted octanol–water partition coefficient (Wildman–Crippen LogP) is 5.80. The molecule has 0 radical (unpaired) electrons. The van der Waals surface area contributed by atoms with Crippen LogP contribution in [0, 0.1) is 0 Å². The number of H-pyrrole nitrogens is 1. The van der Waals surface area contributed by atoms with Crippen molar-refractivity contribution >= 4 is 60.8 Å². The van der Waals surface area contributed by atoms with Crippen LogP contribution in [-0.2, 0) is 6.54 Å². The van der Waals surface area contributed by atoms with Gasteiger partial charge in [-0.15, -0.1) is 0 Å². The highest BCUT2D eigenvalue weighted by atomic mass is 35.5. The molecule has 2 aromatic heterocycles. The minimum atomic E-state index is 0.416. The van der Waals surface area contributed by atoms with Crippen LogP contribution in [0.5, 0.6) is 0 Å². The Morgan fingerprint density at radius 2 is 2.04 bits per heavy atom. The molecule has 0 amide bonds. The highest BCUT2D eigenvalue weighted by molar-refractivity contribution is 7.22. The monoisotopic (exact) mass is 430 g/mol. The fourth-order valence-electron chi connectivity index (χ4n) is 4.17. The molecule has 144 valence electrons. The first-order chi connectivity index (χ1) is 13.6. The van der Waals surface area contributed by atoms with Crippen LogP contribution in [0.4, 0.5) is 5.13 Å². The van der Waals surface area contributed by atoms with E-state index in [1.807, 2.05) is 31.3 Å². The van der Waals surface area contributed by atoms with Crippen molar-refractivity contribution in [3.05, 3.63) is 57.7 Å². The lowest BCUT2D eigenvalue weighted by Crippen LogP contribution is -2.34. The molecule has 2 N–H and O–H groups in total. The van der Waals surface area contributed by atoms with Gasteiger partial charge in [-0.2, -0.15) is 0 Å². The van der Waals surface area contributed by atoms with E-state index >= 15 is 0 Å². The lowest BCUT2D eigenvalue weighted by Gasteiger charge is -2.33. The smallest absolute Gasteiger partial charge is 0.186 e. The average molecular weight is 431 g/mol. The molecule has 28 heavy (non-hydrogen) atoms. The second kappa shape index (κ2) is 7.23. The number of aromatic nitrogens is 2. The van der Waals surface area contributed by atoms with Gasteiger partial charge in [-0.05, 0) is 62.0 Å². The number of nitrogens with zero attached hydrogens (tertiary/aromatic N) is 2. The van der Waals surface area contributed by atoms with Crippen molar-refractivity contribution in [2.75, 3.05) is 25.0 Å². The van der Waals surface area contributed by atoms with Gasteiger partial charge >= 0.3 is 0 Å². The number of rotatable bonds is 4. The molecule has 0 saturated heterocycles. The molecule has 0 bridgehead atoms. The Balaban J connectivity index is 1.57. The number of halogens is 2. The fourth-order valence-corrected chi connectivity index (χ4v) is 5.59. The molecule has 4 nitrogen and oxygen atoms in total. The summed E-state index contributed by atoms with van der Waals surface area (Å²) in [5, 5.41) is 7.13. The van der Waals surface area contributed by atoms with E-state index in [2.05, 4.69) is 27.3 Å². The quantitative estimate of drug-likeness (QED) is 0.429. The van der Waals surface area contributed by atoms with Crippen LogP contribution in [0.2, 0.25) is 10.0 Å². The summed E-state index contributed by atoms with van der Waals surface area (Å²) in [5.74, 6) is 0.416. The first kappa shape index (κ1) is 18.3. The van der Waals surface area contributed by atoms with Crippen LogP contribution >= 0.6 is 34.5 Å². The van der Waals surface area contributed by atoms with E-state index in [1.165, 1.54) is 16.6 Å². The Bertz CT molecular complexity index is 1170. The van der Waals surface area contributed by atoms with Crippen LogP contribution in [0.1, 0.15) is 23.6 Å². The highest BCUT2D eigenvalue weighted by Gasteiger charge is 2.30. The molecule has 1 unspecified atom stereocenters. The van der Waals surface area contributed by atoms with Crippen molar-refractivity contribution in [2.24, 2.45) is 0 Å². The van der Waals surface area contributed by atoms with Crippen molar-refractivity contribution in [3.63, 3.8) is 0 Å². The molecule has 1 aliphatic rings. The number of aromatic amines is 1. The molecule has 0 fully saturated rings. The standard InChI is InChI=1S/C21H20Cl2N4S/c1-24-7-6-12-10-27(21-26-17-5-3-14(23)9-19(17)28-21)11-18-20(12)15-8-13(22)2-4-16(15)25-18/h2-5,8-9,12,24-25H,6-7,10-11H2,1H3. The first-order valence-electron chi connectivity index (χ1n) is 9.38. The summed E-state index contributed by atoms with van der Waals surface area (Å²) < 4.78 is 1.13. The van der Waals surface area contributed by atoms with Gasteiger partial charge in [-0.1, -0.05) is 34.5 Å². The Morgan fingerprint density at radius 3 is 2.89 bits per heavy atom. The van der Waals surface area contributed by atoms with Crippen molar-refractivity contribution in [3.8, 4) is 0 Å². The SMILES string of the molecule is CNCCC1CN(c2nc3ccc(Cl)cc3s2)Cc2[nH]c3ccc(Cl)cc3c21. The number of nitrogens with one attached hydrogen (secondary N) is 2. The number of benzene rings is 2. The van der Waals surface area contributed by atoms with Gasteiger partial charge in [-0.25, -0.2) is 4.98 Å². The molecular formula is C21H20Cl2N4S. The van der Waals surface area contributed by atoms with Crippen LogP contribution in [0.15, 0.2) is 36.4 Å². The number of thiazole rings is 1. The summed E-state index contributed by atoms with van der Waals surface area (Å²) in [6.45, 7) is 2.74. The summed E-state index contributed by atoms with van der Waals surface area (Å²) in [6.07, 6.45) is 1.07. The zero-order valence-corrected chi connectivity index (χ0v) is 17.8. The van der Waals surface area contributed by atoms with E-state index in [4.69, 9.17) is 28.2 Å². The van der Waals surface area contributed by atoms with Gasteiger partial charge in [0.05, 0.1) is 16.8 Å². The second-order valence-corrected chi connectivity index (χ2v) is 9.17. The molecule has 2 aromatic carbocycles. The maximum absolute atomic E-state index is 6.30. The Hall–Kier alpha value is -1.79. The van der Waals surface area contributed by atoms with Crippen LogP contribution in [0.3, 0.4) is 0 Å². The number of hydrogen-bond donors (Lipinski definition) is 2. The molecule has 0 saturated carbocycles. The van der Waals surface area contributed by atoms with Crippen molar-refractivity contribution in [1.29, 1.82) is 0 Å². The minimum absolute atomic E-state index is 0.416. The number of fused-ring (bicyclic) bond motifs is 4. The molecule has 0 aliphatic carbocycles. The summed E-state index contributed by atoms with van der Waals surface area (Å²) in [5.41, 5.74) is 4.84. The normalized spacial score (nSPS) is 16.8. The third-order valence-electron chi connectivity index (χ3n) is 5.43. The van der Waals surface area contributed by atoms with Gasteiger partial charge in [-0.3, -0.25) is 0 Å². The van der Waals surface area contributed by atoms with Gasteiger partial charge in [0.25, 0.3) is 0 Å². The predicted molar refractivity (Wildman–Crippen MR) is 120 cm³/mol. The Morgan fingerprint density at radius 1 is 1.21 bits per heavy atom. The molecule has 3 heterocycles. The summed E-state index contributed by atoms with van der Waals surface area (Å²) >= 11 is 14.2. The van der Waals surface area contributed by atoms with E-state index in [0.717, 1.165) is 57.0 Å². The first-order valence-corrected chi connectivity index (χ1v) is 11.0. The van der Waals surface area contributed by atoms with Crippen LogP contribution in [0.25, 0.3) is 21.1 Å². The number of anilines is 1. The number of hydrogen-bond acceptors (Lipinski definition) is 4. The van der Waals surface area contributed by atoms with Gasteiger partial charge < -0.3 is 15.2 Å². The molecule has 0 spiro atoms. The van der Waals surface area contributed by atoms with Gasteiger partial charge in [0.2, 0.25) is 0 Å². The molecule has 4 aromatic rings. The maximum Gasteiger partial charge on any atom is 0.186 e. The van der Waals surface area contributed by atoms with E-state index in [9.17, 15) is 0 Å². The van der Waals surface area contributed by atoms with E-state index in [0.29, 0.717) is 5.92 Å². The lowest BCUT2D eigenvalue weighted by molar-refractivity contribution is 0.548. The Labute approximate surface area is 177 Å². The second-order valence-electron chi connectivity index (χ2n) is 7.29. The van der Waals surface area contributed by atoms with Crippen molar-refractivity contribution < 1.29 is 0 Å². The van der Waals surface area contributed by atoms with Crippen LogP contribution in [-0.4, -0.2) is 30.1 Å². The summed E-state index contributed by atoms with van der Waals surface area (Å²) in [6, 6.07) is 12.0. The topological polar surface area (TPSA) is 44.0 Å². The highest BCUT2D eigenvalue weighted by Crippen LogP contribution is 2.40. The molecule has 5 rings (SSSR count). The fraction of sp³-hybridized carbons (Fsp3) is 0.286. The largest absolute Gasteiger partial charge is 0.357 e. The van der Waals surface area contributed by atoms with Crippen molar-refractivity contribution in [1.82, 2.24) is 15.3 Å². The Kier molecular flexibility index (Phi) is 4.71. The summed E-state index contributed by atoms with van der Waals surface area (Å²) in [7, 11) is 2.00. The zero-order chi connectivity index (χ0) is 19.3. The van der Waals surface area contributed by atoms with Crippen LogP contribution < -0.4 is 10.2 Å². The third-order valence-corrected chi connectivity index (χ3v) is 6.98. The van der Waals surface area contributed by atoms with E-state index in [1.54, 1.807) is 11.3 Å². The molecular weight excluding hydrogens is 411 g/mol. The summed E-state index contributed by atoms with van der Waals surface area (Å²) in [4.78, 5) is 10.9. The lowest BCUT2D eigenvalue weighted by atomic mass is 9.89. The van der Waals surface area contributed by atoms with Gasteiger partial charge in [0.15, 0.2) is 5.13 Å².